The monoisotopic (exact) mass is 372 g/mol. The Morgan fingerprint density at radius 3 is 2.74 bits per heavy atom. The van der Waals surface area contributed by atoms with Gasteiger partial charge in [-0.2, -0.15) is 0 Å². The number of aromatic nitrogens is 1. The predicted molar refractivity (Wildman–Crippen MR) is 105 cm³/mol. The van der Waals surface area contributed by atoms with Gasteiger partial charge in [-0.25, -0.2) is 0 Å². The first-order valence-electron chi connectivity index (χ1n) is 10.3. The summed E-state index contributed by atoms with van der Waals surface area (Å²) in [6.45, 7) is 6.15. The van der Waals surface area contributed by atoms with Crippen LogP contribution in [0.3, 0.4) is 0 Å². The summed E-state index contributed by atoms with van der Waals surface area (Å²) < 4.78 is 0. The number of piperazine rings is 1. The SMILES string of the molecule is CC(C)N1CCNC(=O)[C@@H]1CC(=O)N(Cc1ccccn1)C1CCCCC1. The van der Waals surface area contributed by atoms with E-state index in [1.165, 1.54) is 19.3 Å². The summed E-state index contributed by atoms with van der Waals surface area (Å²) in [7, 11) is 0. The van der Waals surface area contributed by atoms with Crippen molar-refractivity contribution in [1.82, 2.24) is 20.1 Å². The van der Waals surface area contributed by atoms with Crippen LogP contribution in [-0.2, 0) is 16.1 Å². The number of carbonyl (C=O) groups excluding carboxylic acids is 2. The van der Waals surface area contributed by atoms with Crippen LogP contribution in [0, 0.1) is 0 Å². The molecule has 0 radical (unpaired) electrons. The van der Waals surface area contributed by atoms with Gasteiger partial charge in [-0.05, 0) is 38.8 Å². The summed E-state index contributed by atoms with van der Waals surface area (Å²) in [5.74, 6) is 0.0463. The maximum atomic E-state index is 13.3. The lowest BCUT2D eigenvalue weighted by atomic mass is 9.93. The van der Waals surface area contributed by atoms with Crippen molar-refractivity contribution in [1.29, 1.82) is 0 Å². The van der Waals surface area contributed by atoms with E-state index < -0.39 is 0 Å². The molecule has 1 saturated carbocycles. The molecule has 2 aliphatic rings. The summed E-state index contributed by atoms with van der Waals surface area (Å²) in [6, 6.07) is 5.95. The summed E-state index contributed by atoms with van der Waals surface area (Å²) in [6.07, 6.45) is 7.68. The van der Waals surface area contributed by atoms with Gasteiger partial charge in [-0.15, -0.1) is 0 Å². The standard InChI is InChI=1S/C21H32N4O2/c1-16(2)24-13-12-23-21(27)19(24)14-20(26)25(18-9-4-3-5-10-18)15-17-8-6-7-11-22-17/h6-8,11,16,18-19H,3-5,9-10,12-15H2,1-2H3,(H,23,27)/t19-/m0/s1. The Balaban J connectivity index is 1.75. The minimum Gasteiger partial charge on any atom is -0.353 e. The Hall–Kier alpha value is -1.95. The topological polar surface area (TPSA) is 65.5 Å². The van der Waals surface area contributed by atoms with Gasteiger partial charge >= 0.3 is 0 Å². The van der Waals surface area contributed by atoms with Crippen molar-refractivity contribution >= 4 is 11.8 Å². The average molecular weight is 373 g/mol. The summed E-state index contributed by atoms with van der Waals surface area (Å²) in [5.41, 5.74) is 0.908. The third-order valence-corrected chi connectivity index (χ3v) is 5.80. The number of amides is 2. The third kappa shape index (κ3) is 5.06. The molecule has 2 heterocycles. The van der Waals surface area contributed by atoms with E-state index in [0.29, 0.717) is 13.1 Å². The summed E-state index contributed by atoms with van der Waals surface area (Å²) in [4.78, 5) is 34.3. The van der Waals surface area contributed by atoms with Gasteiger partial charge < -0.3 is 10.2 Å². The normalized spacial score (nSPS) is 21.9. The van der Waals surface area contributed by atoms with Gasteiger partial charge in [0.2, 0.25) is 11.8 Å². The minimum atomic E-state index is -0.374. The molecule has 0 bridgehead atoms. The largest absolute Gasteiger partial charge is 0.353 e. The van der Waals surface area contributed by atoms with Crippen LogP contribution in [0.5, 0.6) is 0 Å². The molecule has 0 unspecified atom stereocenters. The molecule has 1 aromatic heterocycles. The lowest BCUT2D eigenvalue weighted by Gasteiger charge is -2.40. The number of hydrogen-bond acceptors (Lipinski definition) is 4. The molecule has 27 heavy (non-hydrogen) atoms. The quantitative estimate of drug-likeness (QED) is 0.832. The number of nitrogens with one attached hydrogen (secondary N) is 1. The van der Waals surface area contributed by atoms with E-state index in [0.717, 1.165) is 25.1 Å². The number of pyridine rings is 1. The van der Waals surface area contributed by atoms with Gasteiger partial charge in [0.05, 0.1) is 24.7 Å². The van der Waals surface area contributed by atoms with E-state index in [2.05, 4.69) is 29.0 Å². The first-order chi connectivity index (χ1) is 13.1. The molecule has 2 fully saturated rings. The first-order valence-corrected chi connectivity index (χ1v) is 10.3. The van der Waals surface area contributed by atoms with E-state index in [-0.39, 0.29) is 36.4 Å². The third-order valence-electron chi connectivity index (χ3n) is 5.80. The van der Waals surface area contributed by atoms with Crippen LogP contribution in [-0.4, -0.2) is 57.8 Å². The van der Waals surface area contributed by atoms with Crippen molar-refractivity contribution in [2.24, 2.45) is 0 Å². The fraction of sp³-hybridized carbons (Fsp3) is 0.667. The van der Waals surface area contributed by atoms with Crippen LogP contribution in [0.2, 0.25) is 0 Å². The molecule has 148 valence electrons. The fourth-order valence-corrected chi connectivity index (χ4v) is 4.32. The van der Waals surface area contributed by atoms with E-state index >= 15 is 0 Å². The molecule has 1 atom stereocenters. The molecule has 1 aliphatic heterocycles. The van der Waals surface area contributed by atoms with Crippen molar-refractivity contribution in [3.63, 3.8) is 0 Å². The first kappa shape index (κ1) is 19.8. The van der Waals surface area contributed by atoms with Crippen LogP contribution in [0.15, 0.2) is 24.4 Å². The highest BCUT2D eigenvalue weighted by Crippen LogP contribution is 2.25. The Morgan fingerprint density at radius 1 is 1.30 bits per heavy atom. The number of nitrogens with zero attached hydrogens (tertiary/aromatic N) is 3. The Bertz CT molecular complexity index is 628. The second-order valence-corrected chi connectivity index (χ2v) is 7.98. The summed E-state index contributed by atoms with van der Waals surface area (Å²) in [5, 5.41) is 2.93. The number of hydrogen-bond donors (Lipinski definition) is 1. The maximum Gasteiger partial charge on any atom is 0.237 e. The van der Waals surface area contributed by atoms with Crippen LogP contribution in [0.25, 0.3) is 0 Å². The average Bonchev–Trinajstić information content (AvgIpc) is 2.69. The summed E-state index contributed by atoms with van der Waals surface area (Å²) >= 11 is 0. The van der Waals surface area contributed by atoms with Gasteiger partial charge in [-0.1, -0.05) is 25.3 Å². The van der Waals surface area contributed by atoms with E-state index in [1.807, 2.05) is 23.1 Å². The number of rotatable bonds is 6. The molecule has 1 aliphatic carbocycles. The van der Waals surface area contributed by atoms with E-state index in [9.17, 15) is 9.59 Å². The lowest BCUT2D eigenvalue weighted by molar-refractivity contribution is -0.142. The van der Waals surface area contributed by atoms with E-state index in [1.54, 1.807) is 6.20 Å². The van der Waals surface area contributed by atoms with Crippen LogP contribution >= 0.6 is 0 Å². The second-order valence-electron chi connectivity index (χ2n) is 7.98. The maximum absolute atomic E-state index is 13.3. The van der Waals surface area contributed by atoms with Crippen molar-refractivity contribution in [3.05, 3.63) is 30.1 Å². The molecule has 1 N–H and O–H groups in total. The van der Waals surface area contributed by atoms with Crippen molar-refractivity contribution < 1.29 is 9.59 Å². The Labute approximate surface area is 162 Å². The molecule has 6 nitrogen and oxygen atoms in total. The van der Waals surface area contributed by atoms with Gasteiger partial charge in [0.25, 0.3) is 0 Å². The Morgan fingerprint density at radius 2 is 2.07 bits per heavy atom. The van der Waals surface area contributed by atoms with E-state index in [4.69, 9.17) is 0 Å². The van der Waals surface area contributed by atoms with Crippen molar-refractivity contribution in [2.75, 3.05) is 13.1 Å². The van der Waals surface area contributed by atoms with Gasteiger partial charge in [0.15, 0.2) is 0 Å². The van der Waals surface area contributed by atoms with Crippen molar-refractivity contribution in [2.45, 2.75) is 77.0 Å². The zero-order valence-corrected chi connectivity index (χ0v) is 16.6. The highest BCUT2D eigenvalue weighted by Gasteiger charge is 2.35. The fourth-order valence-electron chi connectivity index (χ4n) is 4.32. The van der Waals surface area contributed by atoms with Crippen LogP contribution in [0.4, 0.5) is 0 Å². The molecule has 2 amide bonds. The van der Waals surface area contributed by atoms with Crippen LogP contribution < -0.4 is 5.32 Å². The molecule has 0 spiro atoms. The van der Waals surface area contributed by atoms with Crippen LogP contribution in [0.1, 0.15) is 58.1 Å². The molecule has 1 saturated heterocycles. The lowest BCUT2D eigenvalue weighted by Crippen LogP contribution is -2.59. The Kier molecular flexibility index (Phi) is 6.83. The zero-order chi connectivity index (χ0) is 19.2. The van der Waals surface area contributed by atoms with Gasteiger partial charge in [-0.3, -0.25) is 19.5 Å². The van der Waals surface area contributed by atoms with Crippen molar-refractivity contribution in [3.8, 4) is 0 Å². The smallest absolute Gasteiger partial charge is 0.237 e. The molecule has 6 heteroatoms. The molecular formula is C21H32N4O2. The minimum absolute atomic E-state index is 0.0234. The molecule has 3 rings (SSSR count). The zero-order valence-electron chi connectivity index (χ0n) is 16.6. The highest BCUT2D eigenvalue weighted by atomic mass is 16.2. The number of carbonyl (C=O) groups is 2. The van der Waals surface area contributed by atoms with Gasteiger partial charge in [0, 0.05) is 31.4 Å². The molecule has 1 aromatic rings. The predicted octanol–water partition coefficient (Wildman–Crippen LogP) is 2.34. The van der Waals surface area contributed by atoms with Gasteiger partial charge in [0.1, 0.15) is 0 Å². The molecule has 0 aromatic carbocycles. The second kappa shape index (κ2) is 9.31. The highest BCUT2D eigenvalue weighted by molar-refractivity contribution is 5.89. The molecular weight excluding hydrogens is 340 g/mol.